The van der Waals surface area contributed by atoms with Gasteiger partial charge in [0.2, 0.25) is 0 Å². The van der Waals surface area contributed by atoms with Crippen molar-refractivity contribution in [2.75, 3.05) is 6.61 Å². The van der Waals surface area contributed by atoms with Crippen LogP contribution in [0.25, 0.3) is 0 Å². The fourth-order valence-corrected chi connectivity index (χ4v) is 1.42. The predicted molar refractivity (Wildman–Crippen MR) is 66.6 cm³/mol. The molecule has 0 aliphatic heterocycles. The molecular weight excluding hydrogens is 200 g/mol. The molecule has 1 N–H and O–H groups in total. The summed E-state index contributed by atoms with van der Waals surface area (Å²) in [7, 11) is 0. The minimum absolute atomic E-state index is 0.278. The largest absolute Gasteiger partial charge is 0.493 e. The van der Waals surface area contributed by atoms with Gasteiger partial charge in [0.15, 0.2) is 0 Å². The normalized spacial score (nSPS) is 13.6. The molecular formula is C14H22O2. The van der Waals surface area contributed by atoms with E-state index in [-0.39, 0.29) is 5.41 Å². The summed E-state index contributed by atoms with van der Waals surface area (Å²) in [5, 5.41) is 9.58. The lowest BCUT2D eigenvalue weighted by Gasteiger charge is -2.19. The first-order valence-electron chi connectivity index (χ1n) is 5.80. The molecule has 0 unspecified atom stereocenters. The number of benzene rings is 1. The van der Waals surface area contributed by atoms with E-state index in [9.17, 15) is 5.11 Å². The van der Waals surface area contributed by atoms with Gasteiger partial charge in [-0.1, -0.05) is 39.0 Å². The molecule has 0 saturated carbocycles. The van der Waals surface area contributed by atoms with Crippen molar-refractivity contribution in [3.8, 4) is 5.75 Å². The van der Waals surface area contributed by atoms with Crippen molar-refractivity contribution in [3.05, 3.63) is 29.8 Å². The number of aliphatic hydroxyl groups excluding tert-OH is 1. The third-order valence-corrected chi connectivity index (χ3v) is 2.48. The summed E-state index contributed by atoms with van der Waals surface area (Å²) in [6.07, 6.45) is 0.520. The highest BCUT2D eigenvalue weighted by Gasteiger charge is 2.12. The maximum absolute atomic E-state index is 9.58. The highest BCUT2D eigenvalue weighted by Crippen LogP contribution is 2.26. The summed E-state index contributed by atoms with van der Waals surface area (Å²) in [5.41, 5.74) is 1.14. The molecule has 2 nitrogen and oxygen atoms in total. The van der Waals surface area contributed by atoms with Gasteiger partial charge in [-0.25, -0.2) is 0 Å². The second-order valence-corrected chi connectivity index (χ2v) is 5.37. The number of hydrogen-bond donors (Lipinski definition) is 1. The smallest absolute Gasteiger partial charge is 0.125 e. The van der Waals surface area contributed by atoms with E-state index in [0.29, 0.717) is 6.61 Å². The van der Waals surface area contributed by atoms with E-state index in [4.69, 9.17) is 4.74 Å². The lowest BCUT2D eigenvalue weighted by Crippen LogP contribution is -2.12. The minimum Gasteiger partial charge on any atom is -0.493 e. The van der Waals surface area contributed by atoms with Crippen LogP contribution in [0.3, 0.4) is 0 Å². The van der Waals surface area contributed by atoms with Gasteiger partial charge in [-0.15, -0.1) is 0 Å². The summed E-state index contributed by atoms with van der Waals surface area (Å²) in [4.78, 5) is 0. The van der Waals surface area contributed by atoms with Crippen molar-refractivity contribution in [3.63, 3.8) is 0 Å². The van der Waals surface area contributed by atoms with Gasteiger partial charge in [0, 0.05) is 5.56 Å². The Morgan fingerprint density at radius 3 is 2.44 bits per heavy atom. The Hall–Kier alpha value is -1.02. The summed E-state index contributed by atoms with van der Waals surface area (Å²) in [6.45, 7) is 9.02. The first-order chi connectivity index (χ1) is 7.40. The summed E-state index contributed by atoms with van der Waals surface area (Å²) in [5.74, 6) is 0.793. The SMILES string of the molecule is C[C@H](O)c1ccccc1OCCC(C)(C)C. The van der Waals surface area contributed by atoms with E-state index in [1.165, 1.54) is 0 Å². The Labute approximate surface area is 98.3 Å². The van der Waals surface area contributed by atoms with Crippen LogP contribution in [-0.4, -0.2) is 11.7 Å². The molecule has 0 heterocycles. The van der Waals surface area contributed by atoms with Crippen LogP contribution in [0.15, 0.2) is 24.3 Å². The minimum atomic E-state index is -0.481. The lowest BCUT2D eigenvalue weighted by atomic mass is 9.93. The van der Waals surface area contributed by atoms with Crippen LogP contribution in [0.2, 0.25) is 0 Å². The molecule has 1 aromatic carbocycles. The zero-order chi connectivity index (χ0) is 12.2. The third kappa shape index (κ3) is 4.23. The standard InChI is InChI=1S/C14H22O2/c1-11(15)12-7-5-6-8-13(12)16-10-9-14(2,3)4/h5-8,11,15H,9-10H2,1-4H3/t11-/m0/s1. The molecule has 0 aliphatic carbocycles. The Morgan fingerprint density at radius 2 is 1.88 bits per heavy atom. The Kier molecular flexibility index (Phi) is 4.36. The van der Waals surface area contributed by atoms with Crippen molar-refractivity contribution in [2.24, 2.45) is 5.41 Å². The van der Waals surface area contributed by atoms with Crippen molar-refractivity contribution in [1.29, 1.82) is 0 Å². The van der Waals surface area contributed by atoms with Crippen molar-refractivity contribution in [1.82, 2.24) is 0 Å². The van der Waals surface area contributed by atoms with Gasteiger partial charge in [0.25, 0.3) is 0 Å². The molecule has 1 aromatic rings. The molecule has 1 rings (SSSR count). The molecule has 0 aliphatic rings. The quantitative estimate of drug-likeness (QED) is 0.844. The van der Waals surface area contributed by atoms with E-state index in [1.54, 1.807) is 6.92 Å². The molecule has 0 fully saturated rings. The van der Waals surface area contributed by atoms with Crippen LogP contribution < -0.4 is 4.74 Å². The average molecular weight is 222 g/mol. The van der Waals surface area contributed by atoms with Crippen molar-refractivity contribution >= 4 is 0 Å². The number of para-hydroxylation sites is 1. The molecule has 16 heavy (non-hydrogen) atoms. The van der Waals surface area contributed by atoms with E-state index in [0.717, 1.165) is 17.7 Å². The van der Waals surface area contributed by atoms with Gasteiger partial charge in [-0.05, 0) is 24.8 Å². The molecule has 0 radical (unpaired) electrons. The first kappa shape index (κ1) is 13.0. The lowest BCUT2D eigenvalue weighted by molar-refractivity contribution is 0.186. The molecule has 1 atom stereocenters. The highest BCUT2D eigenvalue weighted by atomic mass is 16.5. The van der Waals surface area contributed by atoms with Crippen LogP contribution in [0.5, 0.6) is 5.75 Å². The molecule has 0 aromatic heterocycles. The maximum Gasteiger partial charge on any atom is 0.125 e. The maximum atomic E-state index is 9.58. The topological polar surface area (TPSA) is 29.5 Å². The van der Waals surface area contributed by atoms with Gasteiger partial charge in [0.1, 0.15) is 5.75 Å². The van der Waals surface area contributed by atoms with Crippen molar-refractivity contribution < 1.29 is 9.84 Å². The Morgan fingerprint density at radius 1 is 1.25 bits per heavy atom. The van der Waals surface area contributed by atoms with Crippen molar-refractivity contribution in [2.45, 2.75) is 40.2 Å². The summed E-state index contributed by atoms with van der Waals surface area (Å²) >= 11 is 0. The van der Waals surface area contributed by atoms with Crippen LogP contribution in [-0.2, 0) is 0 Å². The number of rotatable bonds is 4. The van der Waals surface area contributed by atoms with Gasteiger partial charge >= 0.3 is 0 Å². The van der Waals surface area contributed by atoms with E-state index >= 15 is 0 Å². The van der Waals surface area contributed by atoms with E-state index in [1.807, 2.05) is 24.3 Å². The molecule has 0 saturated heterocycles. The molecule has 0 bridgehead atoms. The third-order valence-electron chi connectivity index (χ3n) is 2.48. The fourth-order valence-electron chi connectivity index (χ4n) is 1.42. The van der Waals surface area contributed by atoms with E-state index in [2.05, 4.69) is 20.8 Å². The Bertz CT molecular complexity index is 324. The van der Waals surface area contributed by atoms with Crippen LogP contribution in [0.4, 0.5) is 0 Å². The molecule has 0 spiro atoms. The second-order valence-electron chi connectivity index (χ2n) is 5.37. The monoisotopic (exact) mass is 222 g/mol. The first-order valence-corrected chi connectivity index (χ1v) is 5.80. The number of hydrogen-bond acceptors (Lipinski definition) is 2. The molecule has 90 valence electrons. The molecule has 2 heteroatoms. The second kappa shape index (κ2) is 5.35. The van der Waals surface area contributed by atoms with Gasteiger partial charge in [0.05, 0.1) is 12.7 Å². The highest BCUT2D eigenvalue weighted by molar-refractivity contribution is 5.34. The van der Waals surface area contributed by atoms with Crippen LogP contribution >= 0.6 is 0 Å². The fraction of sp³-hybridized carbons (Fsp3) is 0.571. The van der Waals surface area contributed by atoms with Crippen LogP contribution in [0.1, 0.15) is 45.8 Å². The van der Waals surface area contributed by atoms with Gasteiger partial charge in [-0.2, -0.15) is 0 Å². The Balaban J connectivity index is 2.60. The van der Waals surface area contributed by atoms with Crippen LogP contribution in [0, 0.1) is 5.41 Å². The van der Waals surface area contributed by atoms with Gasteiger partial charge < -0.3 is 9.84 Å². The number of ether oxygens (including phenoxy) is 1. The van der Waals surface area contributed by atoms with Gasteiger partial charge in [-0.3, -0.25) is 0 Å². The zero-order valence-electron chi connectivity index (χ0n) is 10.7. The average Bonchev–Trinajstić information content (AvgIpc) is 2.16. The number of aliphatic hydroxyl groups is 1. The summed E-state index contributed by atoms with van der Waals surface area (Å²) in [6, 6.07) is 7.65. The zero-order valence-corrected chi connectivity index (χ0v) is 10.7. The summed E-state index contributed by atoms with van der Waals surface area (Å²) < 4.78 is 5.71. The molecule has 0 amide bonds. The predicted octanol–water partition coefficient (Wildman–Crippen LogP) is 3.55. The van der Waals surface area contributed by atoms with E-state index < -0.39 is 6.10 Å².